The van der Waals surface area contributed by atoms with Crippen LogP contribution in [0.25, 0.3) is 5.65 Å². The smallest absolute Gasteiger partial charge is 0.239 e. The Labute approximate surface area is 94.4 Å². The number of halogens is 1. The summed E-state index contributed by atoms with van der Waals surface area (Å²) in [5.74, 6) is 4.74. The average molecular weight is 269 g/mol. The normalized spacial score (nSPS) is 10.5. The molecule has 78 valence electrons. The number of hydrogen-bond donors (Lipinski definition) is 2. The van der Waals surface area contributed by atoms with Crippen LogP contribution in [0.1, 0.15) is 5.69 Å². The average Bonchev–Trinajstić information content (AvgIpc) is 2.59. The first kappa shape index (κ1) is 10.1. The molecule has 6 heteroatoms. The number of rotatable bonds is 2. The van der Waals surface area contributed by atoms with Crippen molar-refractivity contribution in [1.29, 1.82) is 0 Å². The summed E-state index contributed by atoms with van der Waals surface area (Å²) >= 11 is 3.35. The van der Waals surface area contributed by atoms with Gasteiger partial charge in [-0.25, -0.2) is 10.8 Å². The predicted octanol–water partition coefficient (Wildman–Crippen LogP) is 0.629. The lowest BCUT2D eigenvalue weighted by Crippen LogP contribution is -2.31. The van der Waals surface area contributed by atoms with Crippen LogP contribution in [0.3, 0.4) is 0 Å². The summed E-state index contributed by atoms with van der Waals surface area (Å²) in [6, 6.07) is 3.78. The van der Waals surface area contributed by atoms with Crippen molar-refractivity contribution < 1.29 is 4.79 Å². The van der Waals surface area contributed by atoms with Crippen molar-refractivity contribution >= 4 is 27.5 Å². The number of nitrogens with one attached hydrogen (secondary N) is 1. The second-order valence-corrected chi connectivity index (χ2v) is 4.00. The van der Waals surface area contributed by atoms with E-state index in [4.69, 9.17) is 5.84 Å². The van der Waals surface area contributed by atoms with Gasteiger partial charge in [0.05, 0.1) is 12.1 Å². The van der Waals surface area contributed by atoms with Crippen LogP contribution in [0.5, 0.6) is 0 Å². The largest absolute Gasteiger partial charge is 0.307 e. The molecule has 0 aromatic carbocycles. The first-order valence-electron chi connectivity index (χ1n) is 4.31. The van der Waals surface area contributed by atoms with Crippen molar-refractivity contribution in [1.82, 2.24) is 14.8 Å². The molecule has 0 aliphatic carbocycles. The lowest BCUT2D eigenvalue weighted by atomic mass is 10.3. The highest BCUT2D eigenvalue weighted by atomic mass is 79.9. The van der Waals surface area contributed by atoms with Gasteiger partial charge in [-0.05, 0) is 12.1 Å². The van der Waals surface area contributed by atoms with Crippen LogP contribution in [0.4, 0.5) is 0 Å². The predicted molar refractivity (Wildman–Crippen MR) is 58.9 cm³/mol. The third-order valence-electron chi connectivity index (χ3n) is 1.97. The number of hydrogen-bond acceptors (Lipinski definition) is 3. The Hall–Kier alpha value is -1.40. The van der Waals surface area contributed by atoms with Crippen molar-refractivity contribution in [3.8, 4) is 0 Å². The van der Waals surface area contributed by atoms with Crippen molar-refractivity contribution in [2.45, 2.75) is 6.42 Å². The highest BCUT2D eigenvalue weighted by Gasteiger charge is 2.06. The SMILES string of the molecule is NNC(=O)Cc1cn2ccc(Br)cc2n1. The van der Waals surface area contributed by atoms with E-state index in [1.54, 1.807) is 6.20 Å². The molecule has 0 fully saturated rings. The fourth-order valence-electron chi connectivity index (χ4n) is 1.31. The van der Waals surface area contributed by atoms with Crippen LogP contribution in [0.2, 0.25) is 0 Å². The zero-order chi connectivity index (χ0) is 10.8. The number of fused-ring (bicyclic) bond motifs is 1. The molecule has 0 radical (unpaired) electrons. The Balaban J connectivity index is 2.34. The fraction of sp³-hybridized carbons (Fsp3) is 0.111. The number of imidazole rings is 1. The van der Waals surface area contributed by atoms with Crippen molar-refractivity contribution in [3.63, 3.8) is 0 Å². The maximum atomic E-state index is 11.0. The summed E-state index contributed by atoms with van der Waals surface area (Å²) in [5, 5.41) is 0. The summed E-state index contributed by atoms with van der Waals surface area (Å²) < 4.78 is 2.81. The molecule has 0 aliphatic rings. The van der Waals surface area contributed by atoms with Gasteiger partial charge in [-0.1, -0.05) is 15.9 Å². The van der Waals surface area contributed by atoms with E-state index >= 15 is 0 Å². The summed E-state index contributed by atoms with van der Waals surface area (Å²) in [7, 11) is 0. The highest BCUT2D eigenvalue weighted by Crippen LogP contribution is 2.13. The van der Waals surface area contributed by atoms with Gasteiger partial charge in [-0.2, -0.15) is 0 Å². The van der Waals surface area contributed by atoms with E-state index in [1.165, 1.54) is 0 Å². The number of nitrogens with two attached hydrogens (primary N) is 1. The van der Waals surface area contributed by atoms with Gasteiger partial charge < -0.3 is 4.40 Å². The Morgan fingerprint density at radius 2 is 2.47 bits per heavy atom. The van der Waals surface area contributed by atoms with Crippen LogP contribution < -0.4 is 11.3 Å². The number of nitrogens with zero attached hydrogens (tertiary/aromatic N) is 2. The summed E-state index contributed by atoms with van der Waals surface area (Å²) in [6.45, 7) is 0. The second-order valence-electron chi connectivity index (χ2n) is 3.09. The molecule has 5 nitrogen and oxygen atoms in total. The summed E-state index contributed by atoms with van der Waals surface area (Å²) in [4.78, 5) is 15.3. The maximum Gasteiger partial charge on any atom is 0.239 e. The molecule has 1 amide bonds. The van der Waals surface area contributed by atoms with Gasteiger partial charge in [0.25, 0.3) is 0 Å². The molecule has 2 rings (SSSR count). The molecule has 0 saturated carbocycles. The highest BCUT2D eigenvalue weighted by molar-refractivity contribution is 9.10. The minimum absolute atomic E-state index is 0.190. The quantitative estimate of drug-likeness (QED) is 0.477. The van der Waals surface area contributed by atoms with Gasteiger partial charge in [-0.15, -0.1) is 0 Å². The molecule has 0 unspecified atom stereocenters. The Morgan fingerprint density at radius 3 is 3.20 bits per heavy atom. The second kappa shape index (κ2) is 4.00. The zero-order valence-electron chi connectivity index (χ0n) is 7.77. The number of amides is 1. The van der Waals surface area contributed by atoms with Crippen LogP contribution in [0.15, 0.2) is 29.0 Å². The minimum Gasteiger partial charge on any atom is -0.307 e. The summed E-state index contributed by atoms with van der Waals surface area (Å²) in [5.41, 5.74) is 3.56. The Bertz CT molecular complexity index is 508. The molecule has 0 saturated heterocycles. The van der Waals surface area contributed by atoms with E-state index < -0.39 is 0 Å². The third-order valence-corrected chi connectivity index (χ3v) is 2.47. The molecule has 0 spiro atoms. The Kier molecular flexibility index (Phi) is 2.70. The number of carbonyl (C=O) groups excluding carboxylic acids is 1. The molecule has 3 N–H and O–H groups in total. The first-order chi connectivity index (χ1) is 7.19. The number of carbonyl (C=O) groups is 1. The fourth-order valence-corrected chi connectivity index (χ4v) is 1.63. The number of aromatic nitrogens is 2. The molecule has 2 aromatic heterocycles. The molecular formula is C9H9BrN4O. The topological polar surface area (TPSA) is 72.4 Å². The monoisotopic (exact) mass is 268 g/mol. The van der Waals surface area contributed by atoms with E-state index in [2.05, 4.69) is 26.3 Å². The lowest BCUT2D eigenvalue weighted by molar-refractivity contribution is -0.120. The molecular weight excluding hydrogens is 260 g/mol. The first-order valence-corrected chi connectivity index (χ1v) is 5.11. The van der Waals surface area contributed by atoms with Gasteiger partial charge in [0.2, 0.25) is 5.91 Å². The van der Waals surface area contributed by atoms with Gasteiger partial charge in [0.1, 0.15) is 5.65 Å². The molecule has 2 heterocycles. The molecule has 0 atom stereocenters. The molecule has 0 aliphatic heterocycles. The van der Waals surface area contributed by atoms with E-state index in [-0.39, 0.29) is 12.3 Å². The van der Waals surface area contributed by atoms with Gasteiger partial charge in [-0.3, -0.25) is 10.2 Å². The van der Waals surface area contributed by atoms with Crippen LogP contribution in [0, 0.1) is 0 Å². The van der Waals surface area contributed by atoms with E-state index in [0.29, 0.717) is 5.69 Å². The Morgan fingerprint density at radius 1 is 1.67 bits per heavy atom. The van der Waals surface area contributed by atoms with Crippen molar-refractivity contribution in [3.05, 3.63) is 34.7 Å². The third kappa shape index (κ3) is 2.16. The maximum absolute atomic E-state index is 11.0. The molecule has 0 bridgehead atoms. The lowest BCUT2D eigenvalue weighted by Gasteiger charge is -1.93. The molecule has 2 aromatic rings. The van der Waals surface area contributed by atoms with E-state index in [0.717, 1.165) is 10.1 Å². The van der Waals surface area contributed by atoms with Crippen molar-refractivity contribution in [2.75, 3.05) is 0 Å². The molecule has 15 heavy (non-hydrogen) atoms. The van der Waals surface area contributed by atoms with E-state index in [1.807, 2.05) is 22.7 Å². The van der Waals surface area contributed by atoms with Crippen molar-refractivity contribution in [2.24, 2.45) is 5.84 Å². The standard InChI is InChI=1S/C9H9BrN4O/c10-6-1-2-14-5-7(4-9(15)13-11)12-8(14)3-6/h1-3,5H,4,11H2,(H,13,15). The van der Waals surface area contributed by atoms with Gasteiger partial charge in [0.15, 0.2) is 0 Å². The van der Waals surface area contributed by atoms with Crippen LogP contribution in [-0.4, -0.2) is 15.3 Å². The van der Waals surface area contributed by atoms with E-state index in [9.17, 15) is 4.79 Å². The van der Waals surface area contributed by atoms with Crippen LogP contribution >= 0.6 is 15.9 Å². The number of pyridine rings is 1. The van der Waals surface area contributed by atoms with Crippen LogP contribution in [-0.2, 0) is 11.2 Å². The number of hydrazine groups is 1. The zero-order valence-corrected chi connectivity index (χ0v) is 9.36. The minimum atomic E-state index is -0.252. The van der Waals surface area contributed by atoms with Gasteiger partial charge >= 0.3 is 0 Å². The summed E-state index contributed by atoms with van der Waals surface area (Å²) in [6.07, 6.45) is 3.86. The van der Waals surface area contributed by atoms with Gasteiger partial charge in [0, 0.05) is 16.9 Å².